The van der Waals surface area contributed by atoms with Crippen LogP contribution < -0.4 is 25.6 Å². The zero-order valence-corrected chi connectivity index (χ0v) is 21.3. The first-order valence-corrected chi connectivity index (χ1v) is 14.1. The molecule has 5 N–H and O–H groups in total. The number of rotatable bonds is 9. The smallest absolute Gasteiger partial charge is 0.323 e. The number of carbonyl (C=O) groups is 2. The van der Waals surface area contributed by atoms with Crippen LogP contribution in [0.15, 0.2) is 51.0 Å². The topological polar surface area (TPSA) is 152 Å². The lowest BCUT2D eigenvalue weighted by atomic mass is 10.0. The lowest BCUT2D eigenvalue weighted by Crippen LogP contribution is -2.52. The van der Waals surface area contributed by atoms with Crippen LogP contribution in [0, 0.1) is 0 Å². The van der Waals surface area contributed by atoms with Gasteiger partial charge >= 0.3 is 5.97 Å². The van der Waals surface area contributed by atoms with Crippen LogP contribution in [-0.2, 0) is 14.8 Å². The van der Waals surface area contributed by atoms with Crippen molar-refractivity contribution in [3.05, 3.63) is 47.3 Å². The van der Waals surface area contributed by atoms with E-state index < -0.39 is 34.5 Å². The number of hydrogen-bond acceptors (Lipinski definition) is 9. The lowest BCUT2D eigenvalue weighted by molar-refractivity contribution is -0.138. The predicted octanol–water partition coefficient (Wildman–Crippen LogP) is 0.817. The van der Waals surface area contributed by atoms with Crippen molar-refractivity contribution >= 4 is 44.9 Å². The van der Waals surface area contributed by atoms with Gasteiger partial charge < -0.3 is 26.0 Å². The molecular formula is C23H30N6O5S2. The Labute approximate surface area is 214 Å². The summed E-state index contributed by atoms with van der Waals surface area (Å²) in [5.74, 6) is -1.01. The normalized spacial score (nSPS) is 19.1. The molecule has 2 aliphatic heterocycles. The zero-order chi connectivity index (χ0) is 25.5. The number of piperidine rings is 1. The fourth-order valence-corrected chi connectivity index (χ4v) is 6.31. The number of sulfonamides is 1. The number of carboxylic acids is 1. The second-order valence-corrected chi connectivity index (χ2v) is 11.5. The molecular weight excluding hydrogens is 504 g/mol. The number of carbonyl (C=O) groups excluding carboxylic acids is 1. The molecule has 1 amide bonds. The van der Waals surface area contributed by atoms with Gasteiger partial charge in [0.05, 0.1) is 0 Å². The molecule has 11 nitrogen and oxygen atoms in total. The highest BCUT2D eigenvalue weighted by Crippen LogP contribution is 2.21. The minimum absolute atomic E-state index is 0.00816. The van der Waals surface area contributed by atoms with Gasteiger partial charge in [-0.3, -0.25) is 14.6 Å². The van der Waals surface area contributed by atoms with E-state index in [-0.39, 0.29) is 10.3 Å². The summed E-state index contributed by atoms with van der Waals surface area (Å²) < 4.78 is 26.8. The number of carboxylic acid groups (broad SMARTS) is 1. The highest BCUT2D eigenvalue weighted by atomic mass is 32.2. The number of aliphatic imine (C=N–C) groups is 1. The van der Waals surface area contributed by atoms with Gasteiger partial charge in [-0.25, -0.2) is 8.42 Å². The van der Waals surface area contributed by atoms with Crippen molar-refractivity contribution in [1.29, 1.82) is 0 Å². The van der Waals surface area contributed by atoms with E-state index in [9.17, 15) is 23.1 Å². The van der Waals surface area contributed by atoms with Gasteiger partial charge in [-0.05, 0) is 55.0 Å². The third kappa shape index (κ3) is 6.74. The van der Waals surface area contributed by atoms with Gasteiger partial charge in [-0.2, -0.15) is 4.72 Å². The van der Waals surface area contributed by atoms with E-state index in [4.69, 9.17) is 0 Å². The van der Waals surface area contributed by atoms with Crippen molar-refractivity contribution < 1.29 is 23.1 Å². The van der Waals surface area contributed by atoms with Gasteiger partial charge in [0, 0.05) is 50.0 Å². The van der Waals surface area contributed by atoms with Crippen LogP contribution in [0.4, 0.5) is 5.69 Å². The summed E-state index contributed by atoms with van der Waals surface area (Å²) in [6, 6.07) is 8.81. The Hall–Kier alpha value is -3.16. The maximum Gasteiger partial charge on any atom is 0.323 e. The number of guanidine groups is 1. The third-order valence-corrected chi connectivity index (χ3v) is 8.85. The SMILES string of the molecule is O=C(NCC(NS(=O)(=O)c1cccs1)C(=O)O)c1ccc(N2CCCC(NC3=NCCCN3)C2)cc1. The summed E-state index contributed by atoms with van der Waals surface area (Å²) in [5.41, 5.74) is 1.35. The quantitative estimate of drug-likeness (QED) is 0.317. The summed E-state index contributed by atoms with van der Waals surface area (Å²) in [6.45, 7) is 3.10. The molecule has 194 valence electrons. The Bertz CT molecular complexity index is 1180. The fraction of sp³-hybridized carbons (Fsp3) is 0.435. The largest absolute Gasteiger partial charge is 0.480 e. The Morgan fingerprint density at radius 1 is 1.22 bits per heavy atom. The summed E-state index contributed by atoms with van der Waals surface area (Å²) in [4.78, 5) is 30.9. The molecule has 13 heteroatoms. The molecule has 1 aromatic heterocycles. The molecule has 36 heavy (non-hydrogen) atoms. The average molecular weight is 535 g/mol. The summed E-state index contributed by atoms with van der Waals surface area (Å²) in [7, 11) is -3.99. The van der Waals surface area contributed by atoms with Gasteiger partial charge in [-0.1, -0.05) is 6.07 Å². The molecule has 4 rings (SSSR count). The summed E-state index contributed by atoms with van der Waals surface area (Å²) >= 11 is 0.979. The van der Waals surface area contributed by atoms with Crippen LogP contribution in [0.25, 0.3) is 0 Å². The van der Waals surface area contributed by atoms with Gasteiger partial charge in [0.2, 0.25) is 0 Å². The molecule has 1 saturated heterocycles. The number of anilines is 1. The number of amides is 1. The number of thiophene rings is 1. The van der Waals surface area contributed by atoms with E-state index >= 15 is 0 Å². The van der Waals surface area contributed by atoms with Crippen molar-refractivity contribution in [2.24, 2.45) is 4.99 Å². The van der Waals surface area contributed by atoms with E-state index in [0.717, 1.165) is 68.4 Å². The Kier molecular flexibility index (Phi) is 8.44. The standard InChI is InChI=1S/C23H30N6O5S2/c30-21(26-14-19(22(31)32)28-36(33,34)20-5-2-13-35-20)16-6-8-18(9-7-16)29-12-1-4-17(15-29)27-23-24-10-3-11-25-23/h2,5-9,13,17,19,28H,1,3-4,10-12,14-15H2,(H,26,30)(H,31,32)(H2,24,25,27). The van der Waals surface area contributed by atoms with Gasteiger partial charge in [0.25, 0.3) is 15.9 Å². The minimum atomic E-state index is -3.99. The molecule has 2 atom stereocenters. The summed E-state index contributed by atoms with van der Waals surface area (Å²) in [6.07, 6.45) is 3.13. The highest BCUT2D eigenvalue weighted by Gasteiger charge is 2.27. The Morgan fingerprint density at radius 3 is 2.69 bits per heavy atom. The molecule has 3 heterocycles. The van der Waals surface area contributed by atoms with Crippen molar-refractivity contribution in [2.45, 2.75) is 35.6 Å². The van der Waals surface area contributed by atoms with E-state index in [1.807, 2.05) is 12.1 Å². The van der Waals surface area contributed by atoms with E-state index in [1.165, 1.54) is 6.07 Å². The van der Waals surface area contributed by atoms with Gasteiger partial charge in [-0.15, -0.1) is 11.3 Å². The number of aliphatic carboxylic acids is 1. The monoisotopic (exact) mass is 534 g/mol. The molecule has 1 fully saturated rings. The van der Waals surface area contributed by atoms with Gasteiger partial charge in [0.1, 0.15) is 10.3 Å². The van der Waals surface area contributed by atoms with E-state index in [0.29, 0.717) is 5.56 Å². The fourth-order valence-electron chi connectivity index (χ4n) is 4.11. The molecule has 0 radical (unpaired) electrons. The van der Waals surface area contributed by atoms with Crippen molar-refractivity contribution in [2.75, 3.05) is 37.6 Å². The van der Waals surface area contributed by atoms with Crippen LogP contribution in [0.3, 0.4) is 0 Å². The Morgan fingerprint density at radius 2 is 2.03 bits per heavy atom. The molecule has 0 saturated carbocycles. The van der Waals surface area contributed by atoms with Gasteiger partial charge in [0.15, 0.2) is 5.96 Å². The van der Waals surface area contributed by atoms with Crippen LogP contribution >= 0.6 is 11.3 Å². The van der Waals surface area contributed by atoms with Crippen LogP contribution in [-0.4, -0.2) is 76.2 Å². The number of benzene rings is 1. The van der Waals surface area contributed by atoms with E-state index in [1.54, 1.807) is 23.6 Å². The van der Waals surface area contributed by atoms with E-state index in [2.05, 4.69) is 30.6 Å². The maximum atomic E-state index is 12.6. The Balaban J connectivity index is 1.31. The molecule has 0 bridgehead atoms. The highest BCUT2D eigenvalue weighted by molar-refractivity contribution is 7.91. The third-order valence-electron chi connectivity index (χ3n) is 5.98. The molecule has 2 aliphatic rings. The van der Waals surface area contributed by atoms with Crippen molar-refractivity contribution in [1.82, 2.24) is 20.7 Å². The first-order valence-electron chi connectivity index (χ1n) is 11.8. The lowest BCUT2D eigenvalue weighted by Gasteiger charge is -2.35. The van der Waals surface area contributed by atoms with Crippen molar-refractivity contribution in [3.8, 4) is 0 Å². The zero-order valence-electron chi connectivity index (χ0n) is 19.6. The number of nitrogens with one attached hydrogen (secondary N) is 4. The first kappa shape index (κ1) is 25.9. The predicted molar refractivity (Wildman–Crippen MR) is 138 cm³/mol. The molecule has 1 aromatic carbocycles. The number of nitrogens with zero attached hydrogens (tertiary/aromatic N) is 2. The summed E-state index contributed by atoms with van der Waals surface area (Å²) in [5, 5.41) is 20.3. The second kappa shape index (κ2) is 11.7. The molecule has 0 aliphatic carbocycles. The minimum Gasteiger partial charge on any atom is -0.480 e. The second-order valence-electron chi connectivity index (χ2n) is 8.64. The van der Waals surface area contributed by atoms with Crippen LogP contribution in [0.1, 0.15) is 29.6 Å². The number of hydrogen-bond donors (Lipinski definition) is 5. The molecule has 2 unspecified atom stereocenters. The van der Waals surface area contributed by atoms with Crippen molar-refractivity contribution in [3.63, 3.8) is 0 Å². The van der Waals surface area contributed by atoms with Crippen LogP contribution in [0.5, 0.6) is 0 Å². The first-order chi connectivity index (χ1) is 17.3. The van der Waals surface area contributed by atoms with Crippen LogP contribution in [0.2, 0.25) is 0 Å². The molecule has 2 aromatic rings. The molecule has 0 spiro atoms. The average Bonchev–Trinajstić information content (AvgIpc) is 3.43. The maximum absolute atomic E-state index is 12.6.